The van der Waals surface area contributed by atoms with Crippen LogP contribution < -0.4 is 15.1 Å². The van der Waals surface area contributed by atoms with E-state index in [1.807, 2.05) is 12.1 Å². The summed E-state index contributed by atoms with van der Waals surface area (Å²) >= 11 is 6.10. The number of fused-ring (bicyclic) bond motifs is 2. The van der Waals surface area contributed by atoms with E-state index in [2.05, 4.69) is 5.16 Å². The number of hydrogen-bond donors (Lipinski definition) is 0. The number of benzene rings is 2. The van der Waals surface area contributed by atoms with Gasteiger partial charge < -0.3 is 13.7 Å². The minimum Gasteiger partial charge on any atom is -0.496 e. The van der Waals surface area contributed by atoms with E-state index in [4.69, 9.17) is 25.3 Å². The van der Waals surface area contributed by atoms with Crippen molar-refractivity contribution in [2.45, 2.75) is 13.0 Å². The van der Waals surface area contributed by atoms with Crippen molar-refractivity contribution >= 4 is 34.3 Å². The Labute approximate surface area is 175 Å². The van der Waals surface area contributed by atoms with E-state index in [0.29, 0.717) is 27.5 Å². The summed E-state index contributed by atoms with van der Waals surface area (Å²) in [7, 11) is 1.53. The predicted molar refractivity (Wildman–Crippen MR) is 110 cm³/mol. The van der Waals surface area contributed by atoms with Crippen LogP contribution >= 0.6 is 11.6 Å². The fourth-order valence-electron chi connectivity index (χ4n) is 3.83. The molecule has 2 aromatic carbocycles. The van der Waals surface area contributed by atoms with Crippen LogP contribution in [0.25, 0.3) is 11.0 Å². The quantitative estimate of drug-likeness (QED) is 0.483. The number of anilines is 1. The van der Waals surface area contributed by atoms with Crippen LogP contribution in [0, 0.1) is 6.92 Å². The molecule has 1 aliphatic rings. The lowest BCUT2D eigenvalue weighted by Gasteiger charge is -2.23. The smallest absolute Gasteiger partial charge is 0.296 e. The zero-order valence-corrected chi connectivity index (χ0v) is 16.8. The third-order valence-electron chi connectivity index (χ3n) is 5.13. The molecule has 0 N–H and O–H groups in total. The van der Waals surface area contributed by atoms with E-state index in [-0.39, 0.29) is 28.2 Å². The van der Waals surface area contributed by atoms with Gasteiger partial charge >= 0.3 is 0 Å². The van der Waals surface area contributed by atoms with Crippen molar-refractivity contribution in [1.29, 1.82) is 0 Å². The normalized spacial score (nSPS) is 15.6. The van der Waals surface area contributed by atoms with Gasteiger partial charge in [-0.25, -0.2) is 0 Å². The molecule has 0 unspecified atom stereocenters. The van der Waals surface area contributed by atoms with E-state index < -0.39 is 11.9 Å². The fraction of sp³-hybridized carbons (Fsp3) is 0.136. The number of aryl methyl sites for hydroxylation is 1. The summed E-state index contributed by atoms with van der Waals surface area (Å²) in [6.45, 7) is 1.72. The van der Waals surface area contributed by atoms with E-state index in [1.54, 1.807) is 37.3 Å². The zero-order chi connectivity index (χ0) is 21.0. The molecule has 1 atom stereocenters. The Hall–Kier alpha value is -3.58. The van der Waals surface area contributed by atoms with Gasteiger partial charge in [0, 0.05) is 16.7 Å². The van der Waals surface area contributed by atoms with Crippen molar-refractivity contribution in [1.82, 2.24) is 5.16 Å². The molecule has 0 radical (unpaired) electrons. The van der Waals surface area contributed by atoms with Crippen LogP contribution in [-0.2, 0) is 0 Å². The minimum atomic E-state index is -0.798. The summed E-state index contributed by atoms with van der Waals surface area (Å²) in [6.07, 6.45) is 0. The molecule has 0 aliphatic carbocycles. The Kier molecular flexibility index (Phi) is 4.15. The van der Waals surface area contributed by atoms with Crippen molar-refractivity contribution in [3.63, 3.8) is 0 Å². The highest BCUT2D eigenvalue weighted by atomic mass is 35.5. The molecule has 1 amide bonds. The van der Waals surface area contributed by atoms with Crippen molar-refractivity contribution in [3.05, 3.63) is 86.4 Å². The first-order valence-electron chi connectivity index (χ1n) is 9.15. The van der Waals surface area contributed by atoms with Crippen molar-refractivity contribution < 1.29 is 18.5 Å². The summed E-state index contributed by atoms with van der Waals surface area (Å²) < 4.78 is 16.6. The fourth-order valence-corrected chi connectivity index (χ4v) is 4.01. The van der Waals surface area contributed by atoms with Gasteiger partial charge in [0.2, 0.25) is 5.76 Å². The summed E-state index contributed by atoms with van der Waals surface area (Å²) in [4.78, 5) is 28.3. The Balaban J connectivity index is 1.86. The van der Waals surface area contributed by atoms with Gasteiger partial charge in [0.25, 0.3) is 5.91 Å². The van der Waals surface area contributed by atoms with Gasteiger partial charge in [-0.05, 0) is 31.2 Å². The van der Waals surface area contributed by atoms with Gasteiger partial charge in [0.1, 0.15) is 23.1 Å². The molecule has 1 aliphatic heterocycles. The molecule has 4 aromatic rings. The maximum atomic E-state index is 13.5. The van der Waals surface area contributed by atoms with Gasteiger partial charge in [0.05, 0.1) is 18.1 Å². The number of ether oxygens (including phenoxy) is 1. The number of rotatable bonds is 3. The van der Waals surface area contributed by atoms with Crippen molar-refractivity contribution in [2.24, 2.45) is 0 Å². The number of nitrogens with zero attached hydrogens (tertiary/aromatic N) is 2. The summed E-state index contributed by atoms with van der Waals surface area (Å²) in [5, 5.41) is 4.70. The van der Waals surface area contributed by atoms with Gasteiger partial charge in [-0.15, -0.1) is 0 Å². The SMILES string of the molecule is COc1ccccc1[C@@H]1c2c(oc3ccc(Cl)cc3c2=O)C(=O)N1c1cc(C)on1. The molecule has 0 bridgehead atoms. The van der Waals surface area contributed by atoms with Gasteiger partial charge in [-0.1, -0.05) is 35.0 Å². The number of halogens is 1. The molecule has 0 fully saturated rings. The lowest BCUT2D eigenvalue weighted by Crippen LogP contribution is -2.30. The lowest BCUT2D eigenvalue weighted by molar-refractivity contribution is 0.0969. The molecular weight excluding hydrogens is 408 g/mol. The number of hydrogen-bond acceptors (Lipinski definition) is 6. The van der Waals surface area contributed by atoms with E-state index in [9.17, 15) is 9.59 Å². The number of para-hydroxylation sites is 1. The zero-order valence-electron chi connectivity index (χ0n) is 16.0. The highest BCUT2D eigenvalue weighted by Gasteiger charge is 2.45. The van der Waals surface area contributed by atoms with Crippen LogP contribution in [0.2, 0.25) is 5.02 Å². The monoisotopic (exact) mass is 422 g/mol. The van der Waals surface area contributed by atoms with Crippen LogP contribution in [-0.4, -0.2) is 18.2 Å². The van der Waals surface area contributed by atoms with Gasteiger partial charge in [0.15, 0.2) is 11.2 Å². The molecule has 30 heavy (non-hydrogen) atoms. The molecule has 0 spiro atoms. The third-order valence-corrected chi connectivity index (χ3v) is 5.36. The maximum Gasteiger partial charge on any atom is 0.296 e. The Bertz CT molecular complexity index is 1370. The molecule has 7 nitrogen and oxygen atoms in total. The Morgan fingerprint density at radius 3 is 2.67 bits per heavy atom. The molecule has 3 heterocycles. The van der Waals surface area contributed by atoms with E-state index >= 15 is 0 Å². The first-order valence-corrected chi connectivity index (χ1v) is 9.53. The first-order chi connectivity index (χ1) is 14.5. The topological polar surface area (TPSA) is 85.8 Å². The highest BCUT2D eigenvalue weighted by molar-refractivity contribution is 6.31. The van der Waals surface area contributed by atoms with Crippen LogP contribution in [0.1, 0.15) is 33.5 Å². The Morgan fingerprint density at radius 2 is 1.93 bits per heavy atom. The van der Waals surface area contributed by atoms with Crippen LogP contribution in [0.15, 0.2) is 62.3 Å². The van der Waals surface area contributed by atoms with E-state index in [0.717, 1.165) is 0 Å². The molecular formula is C22H15ClN2O5. The molecule has 8 heteroatoms. The number of carbonyl (C=O) groups is 1. The largest absolute Gasteiger partial charge is 0.496 e. The predicted octanol–water partition coefficient (Wildman–Crippen LogP) is 4.50. The maximum absolute atomic E-state index is 13.5. The van der Waals surface area contributed by atoms with Crippen LogP contribution in [0.5, 0.6) is 5.75 Å². The van der Waals surface area contributed by atoms with Crippen LogP contribution in [0.3, 0.4) is 0 Å². The standard InChI is InChI=1S/C22H15ClN2O5/c1-11-9-17(24-30-11)25-19(13-5-3-4-6-15(13)28-2)18-20(26)14-10-12(23)7-8-16(14)29-21(18)22(25)27/h3-10,19H,1-2H3/t19-/m1/s1. The number of aromatic nitrogens is 1. The van der Waals surface area contributed by atoms with Gasteiger partial charge in [-0.3, -0.25) is 14.5 Å². The lowest BCUT2D eigenvalue weighted by atomic mass is 9.97. The average Bonchev–Trinajstić information content (AvgIpc) is 3.29. The second-order valence-electron chi connectivity index (χ2n) is 6.93. The summed E-state index contributed by atoms with van der Waals surface area (Å²) in [5.74, 6) is 0.818. The van der Waals surface area contributed by atoms with Gasteiger partial charge in [-0.2, -0.15) is 0 Å². The molecule has 150 valence electrons. The summed E-state index contributed by atoms with van der Waals surface area (Å²) in [6, 6.07) is 12.7. The molecule has 0 saturated carbocycles. The minimum absolute atomic E-state index is 0.0358. The number of methoxy groups -OCH3 is 1. The molecule has 0 saturated heterocycles. The second-order valence-corrected chi connectivity index (χ2v) is 7.37. The summed E-state index contributed by atoms with van der Waals surface area (Å²) in [5.41, 5.74) is 0.788. The average molecular weight is 423 g/mol. The third kappa shape index (κ3) is 2.63. The Morgan fingerprint density at radius 1 is 1.13 bits per heavy atom. The number of carbonyl (C=O) groups excluding carboxylic acids is 1. The first kappa shape index (κ1) is 18.4. The number of amides is 1. The van der Waals surface area contributed by atoms with Crippen LogP contribution in [0.4, 0.5) is 5.82 Å². The molecule has 5 rings (SSSR count). The van der Waals surface area contributed by atoms with Crippen molar-refractivity contribution in [3.8, 4) is 5.75 Å². The second kappa shape index (κ2) is 6.74. The highest BCUT2D eigenvalue weighted by Crippen LogP contribution is 2.43. The van der Waals surface area contributed by atoms with E-state index in [1.165, 1.54) is 18.1 Å². The molecule has 2 aromatic heterocycles. The van der Waals surface area contributed by atoms with Crippen molar-refractivity contribution in [2.75, 3.05) is 12.0 Å².